The lowest BCUT2D eigenvalue weighted by molar-refractivity contribution is -0.143. The van der Waals surface area contributed by atoms with E-state index in [-0.39, 0.29) is 45.4 Å². The lowest BCUT2D eigenvalue weighted by Gasteiger charge is -2.27. The minimum Gasteiger partial charge on any atom is -0.480 e. The molecule has 0 radical (unpaired) electrons. The molecular formula is C19H34N4O10. The number of aliphatic carboxylic acids is 4. The summed E-state index contributed by atoms with van der Waals surface area (Å²) in [5, 5.41) is 38.7. The predicted octanol–water partition coefficient (Wildman–Crippen LogP) is -2.23. The molecule has 0 aromatic heterocycles. The van der Waals surface area contributed by atoms with Crippen LogP contribution in [0.25, 0.3) is 0 Å². The van der Waals surface area contributed by atoms with Crippen molar-refractivity contribution in [2.24, 2.45) is 0 Å². The van der Waals surface area contributed by atoms with Gasteiger partial charge in [0, 0.05) is 32.7 Å². The summed E-state index contributed by atoms with van der Waals surface area (Å²) in [6.07, 6.45) is 0.00699. The van der Waals surface area contributed by atoms with Gasteiger partial charge >= 0.3 is 23.9 Å². The average Bonchev–Trinajstić information content (AvgIpc) is 2.65. The van der Waals surface area contributed by atoms with Crippen molar-refractivity contribution in [3.05, 3.63) is 0 Å². The molecule has 0 heterocycles. The molecule has 14 nitrogen and oxygen atoms in total. The lowest BCUT2D eigenvalue weighted by atomic mass is 10.3. The zero-order chi connectivity index (χ0) is 25.4. The number of carboxylic acid groups (broad SMARTS) is 4. The highest BCUT2D eigenvalue weighted by atomic mass is 16.5. The van der Waals surface area contributed by atoms with E-state index in [0.717, 1.165) is 4.90 Å². The topological polar surface area (TPSA) is 197 Å². The molecule has 14 heteroatoms. The molecule has 0 unspecified atom stereocenters. The number of carboxylic acids is 4. The SMILES string of the molecule is CC(C)OCCNC(=O)CN(CCN(CCN(CC(=O)O)CC(=O)O)CC(=O)O)CC(=O)O. The first-order valence-corrected chi connectivity index (χ1v) is 10.3. The fourth-order valence-corrected chi connectivity index (χ4v) is 2.77. The largest absolute Gasteiger partial charge is 0.480 e. The van der Waals surface area contributed by atoms with Gasteiger partial charge in [0.1, 0.15) is 0 Å². The van der Waals surface area contributed by atoms with Crippen molar-refractivity contribution in [1.29, 1.82) is 0 Å². The van der Waals surface area contributed by atoms with Gasteiger partial charge in [-0.15, -0.1) is 0 Å². The third-order valence-corrected chi connectivity index (χ3v) is 4.14. The van der Waals surface area contributed by atoms with Crippen LogP contribution in [0.4, 0.5) is 0 Å². The molecule has 0 saturated heterocycles. The van der Waals surface area contributed by atoms with Crippen molar-refractivity contribution in [3.63, 3.8) is 0 Å². The molecule has 0 spiro atoms. The maximum atomic E-state index is 12.1. The summed E-state index contributed by atoms with van der Waals surface area (Å²) >= 11 is 0. The van der Waals surface area contributed by atoms with Gasteiger partial charge in [0.15, 0.2) is 0 Å². The second kappa shape index (κ2) is 16.8. The van der Waals surface area contributed by atoms with Gasteiger partial charge in [-0.05, 0) is 13.8 Å². The Morgan fingerprint density at radius 2 is 1.03 bits per heavy atom. The summed E-state index contributed by atoms with van der Waals surface area (Å²) in [6, 6.07) is 0. The molecule has 0 fully saturated rings. The van der Waals surface area contributed by atoms with E-state index in [9.17, 15) is 24.0 Å². The van der Waals surface area contributed by atoms with Gasteiger partial charge in [-0.25, -0.2) is 0 Å². The maximum absolute atomic E-state index is 12.1. The highest BCUT2D eigenvalue weighted by Gasteiger charge is 2.19. The van der Waals surface area contributed by atoms with Gasteiger partial charge < -0.3 is 30.5 Å². The molecule has 1 amide bonds. The third-order valence-electron chi connectivity index (χ3n) is 4.14. The fraction of sp³-hybridized carbons (Fsp3) is 0.737. The van der Waals surface area contributed by atoms with Crippen LogP contribution in [-0.4, -0.2) is 143 Å². The Bertz CT molecular complexity index is 642. The van der Waals surface area contributed by atoms with E-state index in [1.54, 1.807) is 0 Å². The van der Waals surface area contributed by atoms with Crippen molar-refractivity contribution in [3.8, 4) is 0 Å². The number of carbonyl (C=O) groups is 5. The Balaban J connectivity index is 4.89. The monoisotopic (exact) mass is 478 g/mol. The fourth-order valence-electron chi connectivity index (χ4n) is 2.77. The number of nitrogens with one attached hydrogen (secondary N) is 1. The zero-order valence-corrected chi connectivity index (χ0v) is 18.9. The average molecular weight is 478 g/mol. The molecule has 0 rings (SSSR count). The minimum absolute atomic E-state index is 0.00699. The third kappa shape index (κ3) is 18.5. The second-order valence-corrected chi connectivity index (χ2v) is 7.54. The summed E-state index contributed by atoms with van der Waals surface area (Å²) in [4.78, 5) is 60.1. The molecule has 0 aliphatic carbocycles. The first-order valence-electron chi connectivity index (χ1n) is 10.3. The highest BCUT2D eigenvalue weighted by molar-refractivity contribution is 5.79. The Morgan fingerprint density at radius 1 is 0.667 bits per heavy atom. The molecule has 0 aromatic carbocycles. The molecule has 190 valence electrons. The molecule has 0 atom stereocenters. The molecule has 0 aliphatic rings. The first kappa shape index (κ1) is 30.2. The van der Waals surface area contributed by atoms with Crippen LogP contribution in [0.2, 0.25) is 0 Å². The molecule has 0 aromatic rings. The molecule has 0 bridgehead atoms. The van der Waals surface area contributed by atoms with E-state index in [4.69, 9.17) is 25.2 Å². The highest BCUT2D eigenvalue weighted by Crippen LogP contribution is 1.97. The van der Waals surface area contributed by atoms with Crippen LogP contribution < -0.4 is 5.32 Å². The molecule has 5 N–H and O–H groups in total. The van der Waals surface area contributed by atoms with Gasteiger partial charge in [-0.2, -0.15) is 0 Å². The van der Waals surface area contributed by atoms with Crippen LogP contribution in [0.3, 0.4) is 0 Å². The van der Waals surface area contributed by atoms with E-state index in [1.165, 1.54) is 9.80 Å². The maximum Gasteiger partial charge on any atom is 0.317 e. The van der Waals surface area contributed by atoms with Crippen LogP contribution in [0.5, 0.6) is 0 Å². The normalized spacial score (nSPS) is 11.3. The molecule has 0 saturated carbocycles. The van der Waals surface area contributed by atoms with Crippen LogP contribution in [0.15, 0.2) is 0 Å². The second-order valence-electron chi connectivity index (χ2n) is 7.54. The zero-order valence-electron chi connectivity index (χ0n) is 18.9. The number of carbonyl (C=O) groups excluding carboxylic acids is 1. The quantitative estimate of drug-likeness (QED) is 0.118. The van der Waals surface area contributed by atoms with Crippen molar-refractivity contribution in [2.45, 2.75) is 20.0 Å². The van der Waals surface area contributed by atoms with Gasteiger partial charge in [-0.1, -0.05) is 0 Å². The van der Waals surface area contributed by atoms with E-state index in [1.807, 2.05) is 13.8 Å². The minimum atomic E-state index is -1.22. The standard InChI is InChI=1S/C19H34N4O10/c1-14(2)33-8-3-20-15(24)9-22(11-17(27)28)6-4-21(10-16(25)26)5-7-23(12-18(29)30)13-19(31)32/h14H,3-13H2,1-2H3,(H,20,24)(H,25,26)(H,27,28)(H,29,30)(H,31,32). The van der Waals surface area contributed by atoms with Crippen molar-refractivity contribution >= 4 is 29.8 Å². The Morgan fingerprint density at radius 3 is 1.42 bits per heavy atom. The number of rotatable bonds is 20. The smallest absolute Gasteiger partial charge is 0.317 e. The number of nitrogens with zero attached hydrogens (tertiary/aromatic N) is 3. The lowest BCUT2D eigenvalue weighted by Crippen LogP contribution is -2.46. The summed E-state index contributed by atoms with van der Waals surface area (Å²) < 4.78 is 5.31. The van der Waals surface area contributed by atoms with Crippen molar-refractivity contribution in [1.82, 2.24) is 20.0 Å². The van der Waals surface area contributed by atoms with Crippen molar-refractivity contribution in [2.75, 3.05) is 72.1 Å². The molecule has 0 aliphatic heterocycles. The van der Waals surface area contributed by atoms with Crippen LogP contribution in [-0.2, 0) is 28.7 Å². The number of hydrogen-bond acceptors (Lipinski definition) is 9. The number of hydrogen-bond donors (Lipinski definition) is 5. The van der Waals surface area contributed by atoms with Crippen molar-refractivity contribution < 1.29 is 49.1 Å². The Kier molecular flexibility index (Phi) is 15.3. The number of ether oxygens (including phenoxy) is 1. The molecule has 33 heavy (non-hydrogen) atoms. The van der Waals surface area contributed by atoms with E-state index in [0.29, 0.717) is 6.61 Å². The van der Waals surface area contributed by atoms with E-state index >= 15 is 0 Å². The summed E-state index contributed by atoms with van der Waals surface area (Å²) in [5.41, 5.74) is 0. The summed E-state index contributed by atoms with van der Waals surface area (Å²) in [5.74, 6) is -5.19. The van der Waals surface area contributed by atoms with Crippen LogP contribution in [0.1, 0.15) is 13.8 Å². The van der Waals surface area contributed by atoms with Gasteiger partial charge in [0.05, 0.1) is 45.4 Å². The van der Waals surface area contributed by atoms with E-state index in [2.05, 4.69) is 5.32 Å². The van der Waals surface area contributed by atoms with Gasteiger partial charge in [0.2, 0.25) is 5.91 Å². The summed E-state index contributed by atoms with van der Waals surface area (Å²) in [7, 11) is 0. The predicted molar refractivity (Wildman–Crippen MR) is 114 cm³/mol. The van der Waals surface area contributed by atoms with Crippen LogP contribution >= 0.6 is 0 Å². The Labute approximate surface area is 191 Å². The van der Waals surface area contributed by atoms with Gasteiger partial charge in [0.25, 0.3) is 0 Å². The Hall–Kier alpha value is -2.81. The first-order chi connectivity index (χ1) is 15.4. The van der Waals surface area contributed by atoms with Crippen LogP contribution in [0, 0.1) is 0 Å². The van der Waals surface area contributed by atoms with Gasteiger partial charge in [-0.3, -0.25) is 38.7 Å². The van der Waals surface area contributed by atoms with E-state index < -0.39 is 56.0 Å². The number of amides is 1. The summed E-state index contributed by atoms with van der Waals surface area (Å²) in [6.45, 7) is 2.23. The molecular weight excluding hydrogens is 444 g/mol.